The summed E-state index contributed by atoms with van der Waals surface area (Å²) in [6.07, 6.45) is 0. The highest BCUT2D eigenvalue weighted by molar-refractivity contribution is 5.50. The van der Waals surface area contributed by atoms with Gasteiger partial charge in [0.1, 0.15) is 5.69 Å². The van der Waals surface area contributed by atoms with Crippen molar-refractivity contribution >= 4 is 11.4 Å². The molecular weight excluding hydrogens is 164 g/mol. The fourth-order valence-electron chi connectivity index (χ4n) is 1.53. The van der Waals surface area contributed by atoms with Crippen molar-refractivity contribution in [1.82, 2.24) is 0 Å². The van der Waals surface area contributed by atoms with Crippen molar-refractivity contribution in [2.24, 2.45) is 0 Å². The Morgan fingerprint density at radius 1 is 1.08 bits per heavy atom. The molecule has 70 valence electrons. The van der Waals surface area contributed by atoms with Crippen molar-refractivity contribution < 1.29 is 10.5 Å². The quantitative estimate of drug-likeness (QED) is 0.677. The van der Waals surface area contributed by atoms with Crippen LogP contribution in [0, 0.1) is 0 Å². The van der Waals surface area contributed by atoms with Gasteiger partial charge in [-0.25, -0.2) is 0 Å². The normalized spacial score (nSPS) is 17.5. The summed E-state index contributed by atoms with van der Waals surface area (Å²) < 4.78 is 5.29. The lowest BCUT2D eigenvalue weighted by molar-refractivity contribution is -0.254. The first-order valence-corrected chi connectivity index (χ1v) is 4.61. The second-order valence-electron chi connectivity index (χ2n) is 3.27. The summed E-state index contributed by atoms with van der Waals surface area (Å²) in [6.45, 7) is 3.67. The molecule has 2 rings (SSSR count). The highest BCUT2D eigenvalue weighted by Gasteiger charge is 2.10. The maximum absolute atomic E-state index is 5.29. The van der Waals surface area contributed by atoms with Crippen LogP contribution in [0.25, 0.3) is 0 Å². The maximum atomic E-state index is 5.29. The van der Waals surface area contributed by atoms with E-state index >= 15 is 0 Å². The van der Waals surface area contributed by atoms with E-state index in [4.69, 9.17) is 4.74 Å². The van der Waals surface area contributed by atoms with Gasteiger partial charge in [-0.15, -0.1) is 0 Å². The van der Waals surface area contributed by atoms with Gasteiger partial charge < -0.3 is 15.4 Å². The van der Waals surface area contributed by atoms with E-state index < -0.39 is 0 Å². The number of hydrogen-bond acceptors (Lipinski definition) is 2. The van der Waals surface area contributed by atoms with E-state index in [1.54, 1.807) is 0 Å². The molecule has 0 spiro atoms. The van der Waals surface area contributed by atoms with Gasteiger partial charge in [0.2, 0.25) is 0 Å². The predicted octanol–water partition coefficient (Wildman–Crippen LogP) is 0.397. The Balaban J connectivity index is 2.10. The third-order valence-electron chi connectivity index (χ3n) is 2.31. The van der Waals surface area contributed by atoms with Crippen molar-refractivity contribution in [3.63, 3.8) is 0 Å². The van der Waals surface area contributed by atoms with Gasteiger partial charge in [-0.3, -0.25) is 0 Å². The molecule has 0 radical (unpaired) electrons. The third kappa shape index (κ3) is 1.99. The Hall–Kier alpha value is -1.06. The molecule has 0 bridgehead atoms. The zero-order chi connectivity index (χ0) is 9.10. The molecule has 0 saturated carbocycles. The van der Waals surface area contributed by atoms with Crippen LogP contribution in [-0.4, -0.2) is 26.3 Å². The number of nitrogens with zero attached hydrogens (tertiary/aromatic N) is 1. The van der Waals surface area contributed by atoms with E-state index in [2.05, 4.69) is 22.8 Å². The summed E-state index contributed by atoms with van der Waals surface area (Å²) in [5.41, 5.74) is 6.20. The number of anilines is 1. The van der Waals surface area contributed by atoms with Crippen LogP contribution in [0.2, 0.25) is 0 Å². The summed E-state index contributed by atoms with van der Waals surface area (Å²) in [5.74, 6) is 0. The number of morpholine rings is 1. The van der Waals surface area contributed by atoms with Crippen LogP contribution < -0.4 is 10.6 Å². The average Bonchev–Trinajstić information content (AvgIpc) is 2.20. The van der Waals surface area contributed by atoms with Crippen molar-refractivity contribution in [1.29, 1.82) is 0 Å². The van der Waals surface area contributed by atoms with Crippen LogP contribution in [0.3, 0.4) is 0 Å². The molecule has 1 aromatic carbocycles. The summed E-state index contributed by atoms with van der Waals surface area (Å²) >= 11 is 0. The van der Waals surface area contributed by atoms with Crippen LogP contribution in [-0.2, 0) is 4.74 Å². The molecule has 3 N–H and O–H groups in total. The fourth-order valence-corrected chi connectivity index (χ4v) is 1.53. The highest BCUT2D eigenvalue weighted by atomic mass is 16.5. The minimum Gasteiger partial charge on any atom is -0.378 e. The van der Waals surface area contributed by atoms with Crippen LogP contribution in [0.15, 0.2) is 24.3 Å². The van der Waals surface area contributed by atoms with E-state index in [1.165, 1.54) is 5.69 Å². The molecule has 0 amide bonds. The van der Waals surface area contributed by atoms with Gasteiger partial charge in [-0.2, -0.15) is 0 Å². The molecule has 3 heteroatoms. The van der Waals surface area contributed by atoms with E-state index in [1.807, 2.05) is 12.1 Å². The van der Waals surface area contributed by atoms with Crippen LogP contribution >= 0.6 is 0 Å². The first-order valence-electron chi connectivity index (χ1n) is 4.61. The van der Waals surface area contributed by atoms with E-state index in [-0.39, 0.29) is 0 Å². The first kappa shape index (κ1) is 8.53. The Bertz CT molecular complexity index is 265. The molecule has 0 aliphatic carbocycles. The smallest absolute Gasteiger partial charge is 0.128 e. The van der Waals surface area contributed by atoms with Gasteiger partial charge in [0.15, 0.2) is 0 Å². The van der Waals surface area contributed by atoms with Crippen molar-refractivity contribution in [2.75, 3.05) is 31.2 Å². The second kappa shape index (κ2) is 3.77. The number of rotatable bonds is 1. The molecule has 1 aliphatic rings. The summed E-state index contributed by atoms with van der Waals surface area (Å²) in [7, 11) is 0. The standard InChI is InChI=1S/C10H14N2O/c11-9-1-3-10(4-2-9)12-5-7-13-8-6-12/h1-4H,5-8,11H2/p+1. The zero-order valence-corrected chi connectivity index (χ0v) is 7.70. The van der Waals surface area contributed by atoms with Crippen LogP contribution in [0.4, 0.5) is 11.4 Å². The van der Waals surface area contributed by atoms with Gasteiger partial charge in [-0.1, -0.05) is 0 Å². The Morgan fingerprint density at radius 2 is 1.69 bits per heavy atom. The Labute approximate surface area is 78.1 Å². The summed E-state index contributed by atoms with van der Waals surface area (Å²) in [5, 5.41) is 0. The largest absolute Gasteiger partial charge is 0.378 e. The molecule has 1 aromatic rings. The topological polar surface area (TPSA) is 40.1 Å². The van der Waals surface area contributed by atoms with Crippen molar-refractivity contribution in [3.05, 3.63) is 24.3 Å². The van der Waals surface area contributed by atoms with Gasteiger partial charge in [0, 0.05) is 30.9 Å². The van der Waals surface area contributed by atoms with Crippen molar-refractivity contribution in [3.8, 4) is 0 Å². The number of ether oxygens (including phenoxy) is 1. The van der Waals surface area contributed by atoms with E-state index in [9.17, 15) is 0 Å². The molecule has 1 fully saturated rings. The lowest BCUT2D eigenvalue weighted by atomic mass is 10.2. The zero-order valence-electron chi connectivity index (χ0n) is 7.70. The number of benzene rings is 1. The molecule has 13 heavy (non-hydrogen) atoms. The molecule has 0 aromatic heterocycles. The van der Waals surface area contributed by atoms with Gasteiger partial charge in [0.05, 0.1) is 13.2 Å². The SMILES string of the molecule is [NH3+]c1ccc(N2CCOCC2)cc1. The molecular formula is C10H15N2O+. The first-order chi connectivity index (χ1) is 6.36. The molecule has 1 heterocycles. The van der Waals surface area contributed by atoms with Crippen molar-refractivity contribution in [2.45, 2.75) is 0 Å². The third-order valence-corrected chi connectivity index (χ3v) is 2.31. The van der Waals surface area contributed by atoms with E-state index in [0.717, 1.165) is 32.0 Å². The molecule has 1 saturated heterocycles. The summed E-state index contributed by atoms with van der Waals surface area (Å²) in [6, 6.07) is 8.33. The lowest BCUT2D eigenvalue weighted by Gasteiger charge is -2.28. The fraction of sp³-hybridized carbons (Fsp3) is 0.400. The van der Waals surface area contributed by atoms with Crippen LogP contribution in [0.5, 0.6) is 0 Å². The molecule has 0 unspecified atom stereocenters. The Morgan fingerprint density at radius 3 is 2.31 bits per heavy atom. The van der Waals surface area contributed by atoms with Gasteiger partial charge in [0.25, 0.3) is 0 Å². The van der Waals surface area contributed by atoms with Gasteiger partial charge >= 0.3 is 0 Å². The maximum Gasteiger partial charge on any atom is 0.128 e. The van der Waals surface area contributed by atoms with Crippen LogP contribution in [0.1, 0.15) is 0 Å². The molecule has 0 atom stereocenters. The predicted molar refractivity (Wildman–Crippen MR) is 52.0 cm³/mol. The monoisotopic (exact) mass is 179 g/mol. The number of hydrogen-bond donors (Lipinski definition) is 1. The minimum absolute atomic E-state index is 0.839. The summed E-state index contributed by atoms with van der Waals surface area (Å²) in [4.78, 5) is 2.34. The number of quaternary nitrogens is 1. The molecule has 1 aliphatic heterocycles. The Kier molecular flexibility index (Phi) is 2.47. The second-order valence-corrected chi connectivity index (χ2v) is 3.27. The average molecular weight is 179 g/mol. The van der Waals surface area contributed by atoms with E-state index in [0.29, 0.717) is 0 Å². The lowest BCUT2D eigenvalue weighted by Crippen LogP contribution is -2.40. The minimum atomic E-state index is 0.839. The van der Waals surface area contributed by atoms with Gasteiger partial charge in [-0.05, 0) is 12.1 Å². The molecule has 3 nitrogen and oxygen atoms in total. The highest BCUT2D eigenvalue weighted by Crippen LogP contribution is 2.16.